The summed E-state index contributed by atoms with van der Waals surface area (Å²) in [4.78, 5) is 0. The molecule has 0 aliphatic carbocycles. The van der Waals surface area contributed by atoms with Crippen LogP contribution in [0, 0.1) is 0 Å². The lowest BCUT2D eigenvalue weighted by Gasteiger charge is -2.09. The van der Waals surface area contributed by atoms with Gasteiger partial charge in [0, 0.05) is 19.2 Å². The van der Waals surface area contributed by atoms with Gasteiger partial charge >= 0.3 is 0 Å². The molecular formula is C10H14N2O. The SMILES string of the molecule is COc1ccc2c(c1)NCCCN2. The fourth-order valence-corrected chi connectivity index (χ4v) is 1.49. The Kier molecular flexibility index (Phi) is 2.25. The first-order valence-electron chi connectivity index (χ1n) is 4.56. The molecule has 13 heavy (non-hydrogen) atoms. The summed E-state index contributed by atoms with van der Waals surface area (Å²) in [6, 6.07) is 6.04. The van der Waals surface area contributed by atoms with Crippen LogP contribution in [0.3, 0.4) is 0 Å². The van der Waals surface area contributed by atoms with Crippen molar-refractivity contribution in [3.8, 4) is 5.75 Å². The number of hydrogen-bond donors (Lipinski definition) is 2. The molecule has 3 heteroatoms. The van der Waals surface area contributed by atoms with Crippen molar-refractivity contribution in [2.24, 2.45) is 0 Å². The van der Waals surface area contributed by atoms with E-state index in [1.165, 1.54) is 5.69 Å². The second-order valence-corrected chi connectivity index (χ2v) is 3.12. The molecule has 70 valence electrons. The van der Waals surface area contributed by atoms with E-state index >= 15 is 0 Å². The van der Waals surface area contributed by atoms with Gasteiger partial charge in [-0.2, -0.15) is 0 Å². The van der Waals surface area contributed by atoms with E-state index in [1.54, 1.807) is 7.11 Å². The average molecular weight is 178 g/mol. The Morgan fingerprint density at radius 1 is 1.15 bits per heavy atom. The third kappa shape index (κ3) is 1.69. The van der Waals surface area contributed by atoms with Crippen LogP contribution in [-0.4, -0.2) is 20.2 Å². The van der Waals surface area contributed by atoms with Crippen LogP contribution in [0.1, 0.15) is 6.42 Å². The van der Waals surface area contributed by atoms with Crippen molar-refractivity contribution in [2.75, 3.05) is 30.8 Å². The van der Waals surface area contributed by atoms with Crippen LogP contribution >= 0.6 is 0 Å². The third-order valence-electron chi connectivity index (χ3n) is 2.21. The Morgan fingerprint density at radius 2 is 1.92 bits per heavy atom. The molecule has 0 unspecified atom stereocenters. The zero-order chi connectivity index (χ0) is 9.10. The van der Waals surface area contributed by atoms with Gasteiger partial charge in [-0.25, -0.2) is 0 Å². The smallest absolute Gasteiger partial charge is 0.121 e. The molecule has 0 radical (unpaired) electrons. The lowest BCUT2D eigenvalue weighted by molar-refractivity contribution is 0.415. The van der Waals surface area contributed by atoms with Crippen LogP contribution in [0.5, 0.6) is 5.75 Å². The highest BCUT2D eigenvalue weighted by molar-refractivity contribution is 5.71. The van der Waals surface area contributed by atoms with Crippen LogP contribution < -0.4 is 15.4 Å². The third-order valence-corrected chi connectivity index (χ3v) is 2.21. The summed E-state index contributed by atoms with van der Waals surface area (Å²) in [5.74, 6) is 0.898. The van der Waals surface area contributed by atoms with Crippen LogP contribution in [-0.2, 0) is 0 Å². The Morgan fingerprint density at radius 3 is 2.69 bits per heavy atom. The summed E-state index contributed by atoms with van der Waals surface area (Å²) < 4.78 is 5.15. The molecule has 1 aromatic rings. The van der Waals surface area contributed by atoms with Crippen LogP contribution in [0.15, 0.2) is 18.2 Å². The Bertz CT molecular complexity index is 299. The molecular weight excluding hydrogens is 164 g/mol. The molecule has 2 rings (SSSR count). The fraction of sp³-hybridized carbons (Fsp3) is 0.400. The zero-order valence-corrected chi connectivity index (χ0v) is 7.76. The number of anilines is 2. The molecule has 0 aromatic heterocycles. The van der Waals surface area contributed by atoms with E-state index in [-0.39, 0.29) is 0 Å². The minimum absolute atomic E-state index is 0.898. The molecule has 0 saturated heterocycles. The van der Waals surface area contributed by atoms with E-state index < -0.39 is 0 Å². The Labute approximate surface area is 78.1 Å². The first kappa shape index (κ1) is 8.23. The maximum absolute atomic E-state index is 5.15. The summed E-state index contributed by atoms with van der Waals surface area (Å²) >= 11 is 0. The Hall–Kier alpha value is -1.38. The van der Waals surface area contributed by atoms with Gasteiger partial charge in [-0.15, -0.1) is 0 Å². The number of ether oxygens (including phenoxy) is 1. The van der Waals surface area contributed by atoms with E-state index in [0.717, 1.165) is 30.9 Å². The standard InChI is InChI=1S/C10H14N2O/c1-13-8-3-4-9-10(7-8)12-6-2-5-11-9/h3-4,7,11-12H,2,5-6H2,1H3. The predicted octanol–water partition coefficient (Wildman–Crippen LogP) is 1.92. The Balaban J connectivity index is 2.32. The predicted molar refractivity (Wildman–Crippen MR) is 54.6 cm³/mol. The van der Waals surface area contributed by atoms with Crippen molar-refractivity contribution >= 4 is 11.4 Å². The second kappa shape index (κ2) is 3.56. The molecule has 0 fully saturated rings. The number of fused-ring (bicyclic) bond motifs is 1. The molecule has 1 heterocycles. The van der Waals surface area contributed by atoms with Gasteiger partial charge in [0.25, 0.3) is 0 Å². The minimum Gasteiger partial charge on any atom is -0.497 e. The number of rotatable bonds is 1. The highest BCUT2D eigenvalue weighted by Gasteiger charge is 2.06. The molecule has 0 amide bonds. The fourth-order valence-electron chi connectivity index (χ4n) is 1.49. The number of nitrogens with one attached hydrogen (secondary N) is 2. The molecule has 1 aliphatic heterocycles. The lowest BCUT2D eigenvalue weighted by atomic mass is 10.2. The number of hydrogen-bond acceptors (Lipinski definition) is 3. The van der Waals surface area contributed by atoms with Crippen LogP contribution in [0.25, 0.3) is 0 Å². The molecule has 0 saturated carbocycles. The quantitative estimate of drug-likeness (QED) is 0.689. The second-order valence-electron chi connectivity index (χ2n) is 3.12. The van der Waals surface area contributed by atoms with Gasteiger partial charge in [-0.05, 0) is 18.6 Å². The highest BCUT2D eigenvalue weighted by Crippen LogP contribution is 2.28. The molecule has 1 aromatic carbocycles. The molecule has 3 nitrogen and oxygen atoms in total. The molecule has 0 spiro atoms. The van der Waals surface area contributed by atoms with E-state index in [4.69, 9.17) is 4.74 Å². The summed E-state index contributed by atoms with van der Waals surface area (Å²) in [6.07, 6.45) is 1.15. The van der Waals surface area contributed by atoms with E-state index in [1.807, 2.05) is 18.2 Å². The normalized spacial score (nSPS) is 14.8. The summed E-state index contributed by atoms with van der Waals surface area (Å²) in [7, 11) is 1.69. The summed E-state index contributed by atoms with van der Waals surface area (Å²) in [6.45, 7) is 2.06. The number of methoxy groups -OCH3 is 1. The molecule has 0 atom stereocenters. The van der Waals surface area contributed by atoms with Gasteiger partial charge in [0.15, 0.2) is 0 Å². The molecule has 0 bridgehead atoms. The zero-order valence-electron chi connectivity index (χ0n) is 7.76. The monoisotopic (exact) mass is 178 g/mol. The van der Waals surface area contributed by atoms with E-state index in [9.17, 15) is 0 Å². The lowest BCUT2D eigenvalue weighted by Crippen LogP contribution is -2.01. The van der Waals surface area contributed by atoms with Crippen molar-refractivity contribution in [3.05, 3.63) is 18.2 Å². The highest BCUT2D eigenvalue weighted by atomic mass is 16.5. The van der Waals surface area contributed by atoms with Crippen molar-refractivity contribution in [1.82, 2.24) is 0 Å². The summed E-state index contributed by atoms with van der Waals surface area (Å²) in [5.41, 5.74) is 2.30. The van der Waals surface area contributed by atoms with Gasteiger partial charge in [-0.1, -0.05) is 0 Å². The minimum atomic E-state index is 0.898. The van der Waals surface area contributed by atoms with Gasteiger partial charge in [0.2, 0.25) is 0 Å². The van der Waals surface area contributed by atoms with Crippen molar-refractivity contribution < 1.29 is 4.74 Å². The van der Waals surface area contributed by atoms with Crippen molar-refractivity contribution in [2.45, 2.75) is 6.42 Å². The number of benzene rings is 1. The van der Waals surface area contributed by atoms with Crippen LogP contribution in [0.4, 0.5) is 11.4 Å². The van der Waals surface area contributed by atoms with Gasteiger partial charge in [0.1, 0.15) is 5.75 Å². The maximum Gasteiger partial charge on any atom is 0.121 e. The van der Waals surface area contributed by atoms with Gasteiger partial charge in [0.05, 0.1) is 18.5 Å². The molecule has 2 N–H and O–H groups in total. The summed E-state index contributed by atoms with van der Waals surface area (Å²) in [5, 5.41) is 6.72. The van der Waals surface area contributed by atoms with Crippen molar-refractivity contribution in [3.63, 3.8) is 0 Å². The topological polar surface area (TPSA) is 33.3 Å². The average Bonchev–Trinajstić information content (AvgIpc) is 2.41. The first-order valence-corrected chi connectivity index (χ1v) is 4.56. The molecule has 1 aliphatic rings. The van der Waals surface area contributed by atoms with Crippen molar-refractivity contribution in [1.29, 1.82) is 0 Å². The van der Waals surface area contributed by atoms with E-state index in [0.29, 0.717) is 0 Å². The van der Waals surface area contributed by atoms with Gasteiger partial charge < -0.3 is 15.4 Å². The van der Waals surface area contributed by atoms with Gasteiger partial charge in [-0.3, -0.25) is 0 Å². The largest absolute Gasteiger partial charge is 0.497 e. The van der Waals surface area contributed by atoms with E-state index in [2.05, 4.69) is 10.6 Å². The maximum atomic E-state index is 5.15. The first-order chi connectivity index (χ1) is 6.40. The van der Waals surface area contributed by atoms with Crippen LogP contribution in [0.2, 0.25) is 0 Å².